The first-order valence-corrected chi connectivity index (χ1v) is 9.57. The molecule has 4 heteroatoms. The number of fused-ring (bicyclic) bond motifs is 1. The van der Waals surface area contributed by atoms with Crippen molar-refractivity contribution in [1.82, 2.24) is 9.88 Å². The summed E-state index contributed by atoms with van der Waals surface area (Å²) in [7, 11) is 0. The Balaban J connectivity index is 1.69. The Hall–Kier alpha value is -2.72. The van der Waals surface area contributed by atoms with Crippen LogP contribution in [-0.4, -0.2) is 34.0 Å². The van der Waals surface area contributed by atoms with Gasteiger partial charge in [-0.1, -0.05) is 48.5 Å². The SMILES string of the molecule is O=C(O)C1CCN(C(Cc2ccccn2)c2cccc3ccccc23)CC1. The van der Waals surface area contributed by atoms with Crippen LogP contribution in [-0.2, 0) is 11.2 Å². The molecule has 0 aliphatic carbocycles. The van der Waals surface area contributed by atoms with Gasteiger partial charge in [0.25, 0.3) is 0 Å². The number of likely N-dealkylation sites (tertiary alicyclic amines) is 1. The number of piperidine rings is 1. The van der Waals surface area contributed by atoms with Gasteiger partial charge in [0.2, 0.25) is 0 Å². The molecule has 1 unspecified atom stereocenters. The first-order chi connectivity index (χ1) is 13.2. The van der Waals surface area contributed by atoms with Crippen LogP contribution in [0.3, 0.4) is 0 Å². The van der Waals surface area contributed by atoms with Gasteiger partial charge in [-0.2, -0.15) is 0 Å². The quantitative estimate of drug-likeness (QED) is 0.736. The molecule has 3 aromatic rings. The third-order valence-corrected chi connectivity index (χ3v) is 5.63. The molecule has 0 radical (unpaired) electrons. The number of aromatic nitrogens is 1. The number of hydrogen-bond acceptors (Lipinski definition) is 3. The molecule has 4 rings (SSSR count). The molecule has 1 aromatic heterocycles. The van der Waals surface area contributed by atoms with Gasteiger partial charge in [0.05, 0.1) is 5.92 Å². The molecule has 1 aliphatic rings. The largest absolute Gasteiger partial charge is 0.481 e. The Bertz CT molecular complexity index is 913. The van der Waals surface area contributed by atoms with E-state index in [-0.39, 0.29) is 12.0 Å². The van der Waals surface area contributed by atoms with E-state index in [1.807, 2.05) is 18.3 Å². The molecule has 1 atom stereocenters. The van der Waals surface area contributed by atoms with Gasteiger partial charge in [0.15, 0.2) is 0 Å². The molecule has 4 nitrogen and oxygen atoms in total. The van der Waals surface area contributed by atoms with E-state index in [1.165, 1.54) is 16.3 Å². The van der Waals surface area contributed by atoms with Gasteiger partial charge in [-0.25, -0.2) is 0 Å². The molecule has 0 saturated carbocycles. The summed E-state index contributed by atoms with van der Waals surface area (Å²) in [6, 6.07) is 21.2. The molecule has 138 valence electrons. The van der Waals surface area contributed by atoms with E-state index in [0.29, 0.717) is 12.8 Å². The van der Waals surface area contributed by atoms with Gasteiger partial charge in [-0.3, -0.25) is 14.7 Å². The maximum Gasteiger partial charge on any atom is 0.306 e. The highest BCUT2D eigenvalue weighted by atomic mass is 16.4. The number of pyridine rings is 1. The van der Waals surface area contributed by atoms with Crippen LogP contribution in [0.2, 0.25) is 0 Å². The van der Waals surface area contributed by atoms with Crippen molar-refractivity contribution in [2.75, 3.05) is 13.1 Å². The number of benzene rings is 2. The molecule has 0 bridgehead atoms. The molecule has 1 saturated heterocycles. The van der Waals surface area contributed by atoms with E-state index >= 15 is 0 Å². The smallest absolute Gasteiger partial charge is 0.306 e. The van der Waals surface area contributed by atoms with Crippen molar-refractivity contribution in [2.45, 2.75) is 25.3 Å². The van der Waals surface area contributed by atoms with Crippen LogP contribution < -0.4 is 0 Å². The molecular weight excluding hydrogens is 336 g/mol. The summed E-state index contributed by atoms with van der Waals surface area (Å²) in [6.45, 7) is 1.61. The number of carboxylic acid groups (broad SMARTS) is 1. The van der Waals surface area contributed by atoms with Crippen molar-refractivity contribution >= 4 is 16.7 Å². The van der Waals surface area contributed by atoms with Gasteiger partial charge < -0.3 is 5.11 Å². The number of carboxylic acids is 1. The monoisotopic (exact) mass is 360 g/mol. The average molecular weight is 360 g/mol. The van der Waals surface area contributed by atoms with Crippen molar-refractivity contribution in [3.63, 3.8) is 0 Å². The third kappa shape index (κ3) is 3.86. The minimum Gasteiger partial charge on any atom is -0.481 e. The van der Waals surface area contributed by atoms with E-state index in [4.69, 9.17) is 0 Å². The fourth-order valence-corrected chi connectivity index (χ4v) is 4.15. The molecule has 1 aliphatic heterocycles. The lowest BCUT2D eigenvalue weighted by atomic mass is 9.90. The lowest BCUT2D eigenvalue weighted by molar-refractivity contribution is -0.143. The summed E-state index contributed by atoms with van der Waals surface area (Å²) >= 11 is 0. The standard InChI is InChI=1S/C23H24N2O2/c26-23(27)18-11-14-25(15-12-18)22(16-19-8-3-4-13-24-19)21-10-5-7-17-6-1-2-9-20(17)21/h1-10,13,18,22H,11-12,14-16H2,(H,26,27). The molecular formula is C23H24N2O2. The maximum absolute atomic E-state index is 11.3. The van der Waals surface area contributed by atoms with Crippen LogP contribution in [0, 0.1) is 5.92 Å². The van der Waals surface area contributed by atoms with Crippen molar-refractivity contribution in [1.29, 1.82) is 0 Å². The highest BCUT2D eigenvalue weighted by Gasteiger charge is 2.30. The van der Waals surface area contributed by atoms with Gasteiger partial charge in [-0.15, -0.1) is 0 Å². The molecule has 27 heavy (non-hydrogen) atoms. The Morgan fingerprint density at radius 1 is 1.04 bits per heavy atom. The number of nitrogens with zero attached hydrogens (tertiary/aromatic N) is 2. The van der Waals surface area contributed by atoms with Crippen LogP contribution in [0.15, 0.2) is 66.9 Å². The third-order valence-electron chi connectivity index (χ3n) is 5.63. The van der Waals surface area contributed by atoms with E-state index in [0.717, 1.165) is 25.2 Å². The highest BCUT2D eigenvalue weighted by Crippen LogP contribution is 2.33. The number of hydrogen-bond donors (Lipinski definition) is 1. The normalized spacial score (nSPS) is 17.0. The summed E-state index contributed by atoms with van der Waals surface area (Å²) in [4.78, 5) is 18.3. The molecule has 1 fully saturated rings. The first kappa shape index (κ1) is 17.7. The van der Waals surface area contributed by atoms with Crippen LogP contribution in [0.5, 0.6) is 0 Å². The Kier molecular flexibility index (Phi) is 5.16. The first-order valence-electron chi connectivity index (χ1n) is 9.57. The average Bonchev–Trinajstić information content (AvgIpc) is 2.72. The summed E-state index contributed by atoms with van der Waals surface area (Å²) in [5, 5.41) is 11.8. The summed E-state index contributed by atoms with van der Waals surface area (Å²) < 4.78 is 0. The lowest BCUT2D eigenvalue weighted by Crippen LogP contribution is -2.39. The van der Waals surface area contributed by atoms with Crippen LogP contribution >= 0.6 is 0 Å². The predicted octanol–water partition coefficient (Wildman–Crippen LogP) is 4.32. The minimum atomic E-state index is -0.666. The van der Waals surface area contributed by atoms with E-state index in [2.05, 4.69) is 58.4 Å². The van der Waals surface area contributed by atoms with Gasteiger partial charge >= 0.3 is 5.97 Å². The van der Waals surface area contributed by atoms with Crippen molar-refractivity contribution in [3.05, 3.63) is 78.1 Å². The van der Waals surface area contributed by atoms with Gasteiger partial charge in [-0.05, 0) is 54.4 Å². The van der Waals surface area contributed by atoms with E-state index in [9.17, 15) is 9.90 Å². The number of rotatable bonds is 5. The van der Waals surface area contributed by atoms with Crippen LogP contribution in [0.25, 0.3) is 10.8 Å². The minimum absolute atomic E-state index is 0.195. The Labute approximate surface area is 159 Å². The second-order valence-electron chi connectivity index (χ2n) is 7.26. The lowest BCUT2D eigenvalue weighted by Gasteiger charge is -2.37. The van der Waals surface area contributed by atoms with Crippen molar-refractivity contribution < 1.29 is 9.90 Å². The summed E-state index contributed by atoms with van der Waals surface area (Å²) in [5.74, 6) is -0.884. The van der Waals surface area contributed by atoms with Crippen LogP contribution in [0.1, 0.15) is 30.1 Å². The molecule has 2 aromatic carbocycles. The molecule has 0 spiro atoms. The fraction of sp³-hybridized carbons (Fsp3) is 0.304. The number of carbonyl (C=O) groups is 1. The maximum atomic E-state index is 11.3. The van der Waals surface area contributed by atoms with Crippen molar-refractivity contribution in [2.24, 2.45) is 5.92 Å². The molecule has 0 amide bonds. The summed E-state index contributed by atoms with van der Waals surface area (Å²) in [5.41, 5.74) is 2.36. The number of aliphatic carboxylic acids is 1. The fourth-order valence-electron chi connectivity index (χ4n) is 4.15. The molecule has 2 heterocycles. The van der Waals surface area contributed by atoms with E-state index < -0.39 is 5.97 Å². The topological polar surface area (TPSA) is 53.4 Å². The predicted molar refractivity (Wildman–Crippen MR) is 107 cm³/mol. The highest BCUT2D eigenvalue weighted by molar-refractivity contribution is 5.86. The second kappa shape index (κ2) is 7.89. The zero-order chi connectivity index (χ0) is 18.6. The second-order valence-corrected chi connectivity index (χ2v) is 7.26. The van der Waals surface area contributed by atoms with E-state index in [1.54, 1.807) is 0 Å². The Morgan fingerprint density at radius 2 is 1.78 bits per heavy atom. The van der Waals surface area contributed by atoms with Crippen molar-refractivity contribution in [3.8, 4) is 0 Å². The summed E-state index contributed by atoms with van der Waals surface area (Å²) in [6.07, 6.45) is 4.08. The van der Waals surface area contributed by atoms with Gasteiger partial charge in [0, 0.05) is 24.4 Å². The molecule has 1 N–H and O–H groups in total. The van der Waals surface area contributed by atoms with Crippen LogP contribution in [0.4, 0.5) is 0 Å². The zero-order valence-corrected chi connectivity index (χ0v) is 15.3. The zero-order valence-electron chi connectivity index (χ0n) is 15.3. The Morgan fingerprint density at radius 3 is 2.52 bits per heavy atom. The van der Waals surface area contributed by atoms with Gasteiger partial charge in [0.1, 0.15) is 0 Å².